The number of benzene rings is 1. The van der Waals surface area contributed by atoms with E-state index in [4.69, 9.17) is 4.42 Å². The standard InChI is InChI=1S/C15H17FN2O3S/c1-11-14(12-5-3-2-4-6-12)17-15(21-11)13-7-9-18(10-8-13)22(16,19)20/h2-6,13H,7-10H2,1H3. The van der Waals surface area contributed by atoms with Crippen LogP contribution in [0.1, 0.15) is 30.4 Å². The van der Waals surface area contributed by atoms with Gasteiger partial charge in [-0.1, -0.05) is 34.2 Å². The summed E-state index contributed by atoms with van der Waals surface area (Å²) < 4.78 is 41.4. The van der Waals surface area contributed by atoms with Crippen LogP contribution in [0.4, 0.5) is 3.89 Å². The molecule has 3 rings (SSSR count). The normalized spacial score (nSPS) is 17.7. The van der Waals surface area contributed by atoms with E-state index >= 15 is 0 Å². The zero-order chi connectivity index (χ0) is 15.7. The van der Waals surface area contributed by atoms with Gasteiger partial charge in [0.15, 0.2) is 5.89 Å². The highest BCUT2D eigenvalue weighted by Gasteiger charge is 2.31. The van der Waals surface area contributed by atoms with Gasteiger partial charge in [0.2, 0.25) is 0 Å². The van der Waals surface area contributed by atoms with Crippen molar-refractivity contribution in [2.75, 3.05) is 13.1 Å². The molecule has 2 aromatic rings. The van der Waals surface area contributed by atoms with E-state index in [9.17, 15) is 12.3 Å². The Morgan fingerprint density at radius 2 is 1.86 bits per heavy atom. The Balaban J connectivity index is 1.78. The van der Waals surface area contributed by atoms with Crippen molar-refractivity contribution in [3.05, 3.63) is 42.0 Å². The molecule has 0 saturated carbocycles. The molecule has 22 heavy (non-hydrogen) atoms. The SMILES string of the molecule is Cc1oc(C2CCN(S(=O)(=O)F)CC2)nc1-c1ccccc1. The summed E-state index contributed by atoms with van der Waals surface area (Å²) in [6, 6.07) is 9.74. The van der Waals surface area contributed by atoms with E-state index in [1.807, 2.05) is 37.3 Å². The van der Waals surface area contributed by atoms with Crippen LogP contribution >= 0.6 is 0 Å². The number of hydrogen-bond acceptors (Lipinski definition) is 4. The van der Waals surface area contributed by atoms with E-state index in [0.29, 0.717) is 18.7 Å². The molecule has 2 heterocycles. The predicted molar refractivity (Wildman–Crippen MR) is 80.3 cm³/mol. The number of halogens is 1. The van der Waals surface area contributed by atoms with Crippen LogP contribution < -0.4 is 0 Å². The minimum Gasteiger partial charge on any atom is -0.445 e. The maximum absolute atomic E-state index is 13.0. The van der Waals surface area contributed by atoms with Crippen LogP contribution in [0.3, 0.4) is 0 Å². The van der Waals surface area contributed by atoms with Crippen LogP contribution in [-0.4, -0.2) is 30.8 Å². The first-order valence-corrected chi connectivity index (χ1v) is 8.51. The van der Waals surface area contributed by atoms with Gasteiger partial charge in [0, 0.05) is 24.6 Å². The van der Waals surface area contributed by atoms with Crippen molar-refractivity contribution in [2.45, 2.75) is 25.7 Å². The summed E-state index contributed by atoms with van der Waals surface area (Å²) >= 11 is 0. The number of oxazole rings is 1. The van der Waals surface area contributed by atoms with Gasteiger partial charge in [0.25, 0.3) is 0 Å². The number of aromatic nitrogens is 1. The van der Waals surface area contributed by atoms with Crippen molar-refractivity contribution < 1.29 is 16.7 Å². The molecule has 0 amide bonds. The summed E-state index contributed by atoms with van der Waals surface area (Å²) in [5.74, 6) is 1.36. The van der Waals surface area contributed by atoms with Gasteiger partial charge in [-0.25, -0.2) is 4.98 Å². The fraction of sp³-hybridized carbons (Fsp3) is 0.400. The van der Waals surface area contributed by atoms with Gasteiger partial charge in [0.05, 0.1) is 0 Å². The van der Waals surface area contributed by atoms with Crippen molar-refractivity contribution in [3.8, 4) is 11.3 Å². The molecule has 1 aliphatic heterocycles. The smallest absolute Gasteiger partial charge is 0.374 e. The van der Waals surface area contributed by atoms with E-state index in [1.165, 1.54) is 0 Å². The number of aryl methyl sites for hydroxylation is 1. The number of piperidine rings is 1. The Kier molecular flexibility index (Phi) is 4.01. The number of rotatable bonds is 3. The van der Waals surface area contributed by atoms with Crippen molar-refractivity contribution in [2.24, 2.45) is 0 Å². The zero-order valence-corrected chi connectivity index (χ0v) is 13.0. The van der Waals surface area contributed by atoms with Crippen LogP contribution in [0.2, 0.25) is 0 Å². The first-order chi connectivity index (χ1) is 10.4. The first kappa shape index (κ1) is 15.2. The average molecular weight is 324 g/mol. The van der Waals surface area contributed by atoms with Crippen LogP contribution in [0.5, 0.6) is 0 Å². The van der Waals surface area contributed by atoms with Gasteiger partial charge < -0.3 is 4.42 Å². The molecule has 0 N–H and O–H groups in total. The van der Waals surface area contributed by atoms with Crippen LogP contribution in [-0.2, 0) is 10.4 Å². The molecule has 118 valence electrons. The molecule has 0 atom stereocenters. The lowest BCUT2D eigenvalue weighted by Gasteiger charge is -2.26. The molecule has 1 aliphatic rings. The lowest BCUT2D eigenvalue weighted by Crippen LogP contribution is -2.35. The highest BCUT2D eigenvalue weighted by atomic mass is 32.3. The Morgan fingerprint density at radius 3 is 2.45 bits per heavy atom. The second kappa shape index (κ2) is 5.81. The Labute approximate surface area is 129 Å². The van der Waals surface area contributed by atoms with E-state index in [1.54, 1.807) is 0 Å². The van der Waals surface area contributed by atoms with Gasteiger partial charge in [0.1, 0.15) is 11.5 Å². The summed E-state index contributed by atoms with van der Waals surface area (Å²) in [6.07, 6.45) is 1.02. The van der Waals surface area contributed by atoms with Crippen molar-refractivity contribution in [1.29, 1.82) is 0 Å². The Morgan fingerprint density at radius 1 is 1.23 bits per heavy atom. The van der Waals surface area contributed by atoms with Crippen LogP contribution in [0, 0.1) is 6.92 Å². The molecule has 0 radical (unpaired) electrons. The van der Waals surface area contributed by atoms with Crippen molar-refractivity contribution >= 4 is 10.4 Å². The molecule has 1 fully saturated rings. The van der Waals surface area contributed by atoms with Crippen molar-refractivity contribution in [1.82, 2.24) is 9.29 Å². The maximum Gasteiger partial charge on any atom is 0.374 e. The third kappa shape index (κ3) is 3.05. The molecular weight excluding hydrogens is 307 g/mol. The molecule has 1 aromatic heterocycles. The highest BCUT2D eigenvalue weighted by molar-refractivity contribution is 7.83. The molecule has 0 spiro atoms. The summed E-state index contributed by atoms with van der Waals surface area (Å²) in [7, 11) is -4.60. The molecule has 0 aliphatic carbocycles. The van der Waals surface area contributed by atoms with Gasteiger partial charge in [-0.15, -0.1) is 0 Å². The van der Waals surface area contributed by atoms with Crippen molar-refractivity contribution in [3.63, 3.8) is 0 Å². The van der Waals surface area contributed by atoms with Gasteiger partial charge in [-0.05, 0) is 19.8 Å². The van der Waals surface area contributed by atoms with Gasteiger partial charge in [-0.2, -0.15) is 12.7 Å². The fourth-order valence-corrected chi connectivity index (χ4v) is 3.42. The summed E-state index contributed by atoms with van der Waals surface area (Å²) in [6.45, 7) is 2.18. The molecular formula is C15H17FN2O3S. The second-order valence-corrected chi connectivity index (χ2v) is 6.78. The van der Waals surface area contributed by atoms with E-state index in [2.05, 4.69) is 4.98 Å². The van der Waals surface area contributed by atoms with Crippen LogP contribution in [0.25, 0.3) is 11.3 Å². The second-order valence-electron chi connectivity index (χ2n) is 5.44. The topological polar surface area (TPSA) is 63.4 Å². The zero-order valence-electron chi connectivity index (χ0n) is 12.2. The molecule has 0 bridgehead atoms. The molecule has 7 heteroatoms. The summed E-state index contributed by atoms with van der Waals surface area (Å²) in [4.78, 5) is 4.56. The highest BCUT2D eigenvalue weighted by Crippen LogP contribution is 2.32. The average Bonchev–Trinajstić information content (AvgIpc) is 2.89. The van der Waals surface area contributed by atoms with E-state index in [-0.39, 0.29) is 19.0 Å². The number of hydrogen-bond donors (Lipinski definition) is 0. The third-order valence-electron chi connectivity index (χ3n) is 3.97. The lowest BCUT2D eigenvalue weighted by atomic mass is 9.98. The van der Waals surface area contributed by atoms with Gasteiger partial charge >= 0.3 is 10.4 Å². The molecule has 1 aromatic carbocycles. The lowest BCUT2D eigenvalue weighted by molar-refractivity contribution is 0.278. The minimum absolute atomic E-state index is 0.0224. The predicted octanol–water partition coefficient (Wildman–Crippen LogP) is 3.04. The Hall–Kier alpha value is -1.73. The molecule has 5 nitrogen and oxygen atoms in total. The van der Waals surface area contributed by atoms with E-state index in [0.717, 1.165) is 21.3 Å². The minimum atomic E-state index is -4.60. The fourth-order valence-electron chi connectivity index (χ4n) is 2.78. The molecule has 1 saturated heterocycles. The molecule has 0 unspecified atom stereocenters. The van der Waals surface area contributed by atoms with Crippen LogP contribution in [0.15, 0.2) is 34.7 Å². The quantitative estimate of drug-likeness (QED) is 0.814. The summed E-state index contributed by atoms with van der Waals surface area (Å²) in [5.41, 5.74) is 1.79. The third-order valence-corrected chi connectivity index (χ3v) is 4.95. The largest absolute Gasteiger partial charge is 0.445 e. The monoisotopic (exact) mass is 324 g/mol. The Bertz CT molecular complexity index is 750. The van der Waals surface area contributed by atoms with E-state index < -0.39 is 10.4 Å². The maximum atomic E-state index is 13.0. The summed E-state index contributed by atoms with van der Waals surface area (Å²) in [5, 5.41) is 0. The first-order valence-electron chi connectivity index (χ1n) is 7.17. The van der Waals surface area contributed by atoms with Gasteiger partial charge in [-0.3, -0.25) is 0 Å². The number of nitrogens with zero attached hydrogens (tertiary/aromatic N) is 2.